The third-order valence-corrected chi connectivity index (χ3v) is 4.77. The summed E-state index contributed by atoms with van der Waals surface area (Å²) in [5, 5.41) is 20.6. The molecule has 1 aromatic rings. The van der Waals surface area contributed by atoms with Crippen LogP contribution in [0.4, 0.5) is 0 Å². The minimum Gasteiger partial charge on any atom is -0.480 e. The number of esters is 2. The third kappa shape index (κ3) is 11.6. The lowest BCUT2D eigenvalue weighted by Gasteiger charge is -2.25. The Labute approximate surface area is 232 Å². The van der Waals surface area contributed by atoms with E-state index in [4.69, 9.17) is 32.6 Å². The van der Waals surface area contributed by atoms with Gasteiger partial charge in [0.1, 0.15) is 11.2 Å². The number of carboxylic acid groups (broad SMARTS) is 2. The van der Waals surface area contributed by atoms with Gasteiger partial charge in [-0.1, -0.05) is 6.07 Å². The highest BCUT2D eigenvalue weighted by Gasteiger charge is 2.29. The Hall–Kier alpha value is -4.37. The molecule has 0 bridgehead atoms. The molecule has 15 heteroatoms. The van der Waals surface area contributed by atoms with Gasteiger partial charge in [-0.05, 0) is 53.7 Å². The van der Waals surface area contributed by atoms with Crippen molar-refractivity contribution in [2.45, 2.75) is 77.7 Å². The van der Waals surface area contributed by atoms with Crippen LogP contribution >= 0.6 is 0 Å². The number of hydrogen-bond acceptors (Lipinski definition) is 13. The smallest absolute Gasteiger partial charge is 0.328 e. The zero-order valence-corrected chi connectivity index (χ0v) is 23.5. The zero-order chi connectivity index (χ0) is 31.0. The highest BCUT2D eigenvalue weighted by atomic mass is 16.6. The van der Waals surface area contributed by atoms with E-state index in [1.54, 1.807) is 41.5 Å². The molecule has 40 heavy (non-hydrogen) atoms. The summed E-state index contributed by atoms with van der Waals surface area (Å²) >= 11 is 0. The Morgan fingerprint density at radius 2 is 1.12 bits per heavy atom. The number of nitrogens with zero attached hydrogens (tertiary/aromatic N) is 3. The van der Waals surface area contributed by atoms with Crippen LogP contribution in [-0.4, -0.2) is 72.4 Å². The average molecular weight is 566 g/mol. The molecular formula is C25H39N7O8. The molecule has 2 atom stereocenters. The number of hydrazine groups is 2. The van der Waals surface area contributed by atoms with Crippen molar-refractivity contribution in [2.24, 2.45) is 23.2 Å². The molecule has 0 saturated heterocycles. The topological polar surface area (TPSA) is 251 Å². The van der Waals surface area contributed by atoms with E-state index >= 15 is 0 Å². The number of aromatic nitrogens is 1. The lowest BCUT2D eigenvalue weighted by atomic mass is 10.1. The fourth-order valence-electron chi connectivity index (χ4n) is 3.11. The molecule has 0 aliphatic carbocycles. The first-order valence-corrected chi connectivity index (χ1v) is 12.1. The van der Waals surface area contributed by atoms with Gasteiger partial charge in [-0.3, -0.25) is 9.59 Å². The molecular weight excluding hydrogens is 526 g/mol. The predicted octanol–water partition coefficient (Wildman–Crippen LogP) is 0.317. The van der Waals surface area contributed by atoms with Gasteiger partial charge >= 0.3 is 23.9 Å². The molecule has 2 unspecified atom stereocenters. The summed E-state index contributed by atoms with van der Waals surface area (Å²) in [6.45, 7) is 9.86. The summed E-state index contributed by atoms with van der Waals surface area (Å²) in [5.74, 6) is 7.47. The number of carbonyl (C=O) groups excluding carboxylic acids is 2. The van der Waals surface area contributed by atoms with Gasteiger partial charge in [0, 0.05) is 12.4 Å². The largest absolute Gasteiger partial charge is 0.480 e. The number of carbonyl (C=O) groups is 4. The zero-order valence-electron chi connectivity index (χ0n) is 23.5. The summed E-state index contributed by atoms with van der Waals surface area (Å²) in [4.78, 5) is 52.0. The monoisotopic (exact) mass is 565 g/mol. The van der Waals surface area contributed by atoms with Crippen molar-refractivity contribution in [2.75, 3.05) is 0 Å². The van der Waals surface area contributed by atoms with E-state index in [1.807, 2.05) is 0 Å². The summed E-state index contributed by atoms with van der Waals surface area (Å²) in [5.41, 5.74) is 10.7. The fourth-order valence-corrected chi connectivity index (χ4v) is 3.11. The normalized spacial score (nSPS) is 14.1. The van der Waals surface area contributed by atoms with Crippen molar-refractivity contribution in [1.29, 1.82) is 0 Å². The van der Waals surface area contributed by atoms with Gasteiger partial charge in [0.05, 0.1) is 35.6 Å². The quantitative estimate of drug-likeness (QED) is 0.113. The van der Waals surface area contributed by atoms with Crippen molar-refractivity contribution in [3.05, 3.63) is 42.0 Å². The standard InChI is InChI=1S/C25H39N7O8/c1-24(2,3)39-20(33)10-18(22(35)36)31(28)12-14(26)16-8-7-9-17(30-16)15(27)13-32(29)19(23(37)38)11-21(34)40-25(4,5)6/h7-9,12-13,18-19H,10-11,26-29H2,1-6H3,(H,35,36)(H,37,38)/b14-12-,15-13-. The molecule has 0 amide bonds. The number of rotatable bonds is 12. The SMILES string of the molecule is CC(C)(C)OC(=O)CC(C(=O)O)N(N)/C=C(\N)c1cccc(/C(N)=C/N(N)C(CC(=O)OC(C)(C)C)C(=O)O)n1. The Bertz CT molecular complexity index is 1070. The van der Waals surface area contributed by atoms with E-state index in [1.165, 1.54) is 18.2 Å². The Balaban J connectivity index is 3.14. The van der Waals surface area contributed by atoms with E-state index in [0.717, 1.165) is 22.4 Å². The fraction of sp³-hybridized carbons (Fsp3) is 0.480. The minimum atomic E-state index is -1.48. The maximum Gasteiger partial charge on any atom is 0.328 e. The van der Waals surface area contributed by atoms with Crippen LogP contribution in [0, 0.1) is 0 Å². The lowest BCUT2D eigenvalue weighted by Crippen LogP contribution is -2.45. The first-order valence-electron chi connectivity index (χ1n) is 12.1. The molecule has 222 valence electrons. The van der Waals surface area contributed by atoms with Gasteiger partial charge in [-0.15, -0.1) is 0 Å². The molecule has 0 aliphatic heterocycles. The van der Waals surface area contributed by atoms with Crippen molar-refractivity contribution in [1.82, 2.24) is 15.0 Å². The number of ether oxygens (including phenoxy) is 2. The first-order chi connectivity index (χ1) is 18.2. The molecule has 0 aromatic carbocycles. The maximum atomic E-state index is 12.1. The van der Waals surface area contributed by atoms with Crippen molar-refractivity contribution < 1.29 is 38.9 Å². The van der Waals surface area contributed by atoms with Crippen molar-refractivity contribution >= 4 is 35.3 Å². The number of hydrogen-bond donors (Lipinski definition) is 6. The lowest BCUT2D eigenvalue weighted by molar-refractivity contribution is -0.160. The van der Waals surface area contributed by atoms with Crippen LogP contribution in [-0.2, 0) is 28.7 Å². The van der Waals surface area contributed by atoms with E-state index in [-0.39, 0.29) is 22.8 Å². The highest BCUT2D eigenvalue weighted by Crippen LogP contribution is 2.16. The van der Waals surface area contributed by atoms with E-state index in [0.29, 0.717) is 0 Å². The Kier molecular flexibility index (Phi) is 11.5. The van der Waals surface area contributed by atoms with Crippen molar-refractivity contribution in [3.63, 3.8) is 0 Å². The molecule has 0 fully saturated rings. The van der Waals surface area contributed by atoms with Gasteiger partial charge in [-0.25, -0.2) is 26.3 Å². The minimum absolute atomic E-state index is 0.0643. The second kappa shape index (κ2) is 13.6. The first kappa shape index (κ1) is 33.7. The van der Waals surface area contributed by atoms with Crippen LogP contribution < -0.4 is 23.2 Å². The third-order valence-electron chi connectivity index (χ3n) is 4.77. The molecule has 15 nitrogen and oxygen atoms in total. The molecule has 0 spiro atoms. The van der Waals surface area contributed by atoms with Gasteiger partial charge in [0.25, 0.3) is 0 Å². The van der Waals surface area contributed by atoms with Crippen LogP contribution in [0.25, 0.3) is 11.4 Å². The number of carboxylic acids is 2. The van der Waals surface area contributed by atoms with Gasteiger partial charge < -0.3 is 41.2 Å². The highest BCUT2D eigenvalue weighted by molar-refractivity contribution is 5.82. The van der Waals surface area contributed by atoms with E-state index in [2.05, 4.69) is 4.98 Å². The number of pyridine rings is 1. The van der Waals surface area contributed by atoms with Crippen LogP contribution in [0.15, 0.2) is 30.6 Å². The molecule has 1 rings (SSSR count). The van der Waals surface area contributed by atoms with Crippen LogP contribution in [0.5, 0.6) is 0 Å². The van der Waals surface area contributed by atoms with E-state index < -0.39 is 60.0 Å². The van der Waals surface area contributed by atoms with Gasteiger partial charge in [0.15, 0.2) is 12.1 Å². The Morgan fingerprint density at radius 1 is 0.800 bits per heavy atom. The average Bonchev–Trinajstić information content (AvgIpc) is 2.78. The maximum absolute atomic E-state index is 12.1. The second-order valence-electron chi connectivity index (χ2n) is 10.8. The van der Waals surface area contributed by atoms with Crippen LogP contribution in [0.1, 0.15) is 65.8 Å². The van der Waals surface area contributed by atoms with Crippen LogP contribution in [0.3, 0.4) is 0 Å². The molecule has 1 heterocycles. The molecule has 0 saturated carbocycles. The predicted molar refractivity (Wildman–Crippen MR) is 144 cm³/mol. The van der Waals surface area contributed by atoms with Crippen LogP contribution in [0.2, 0.25) is 0 Å². The molecule has 10 N–H and O–H groups in total. The van der Waals surface area contributed by atoms with Crippen molar-refractivity contribution in [3.8, 4) is 0 Å². The molecule has 0 aliphatic rings. The summed E-state index contributed by atoms with van der Waals surface area (Å²) < 4.78 is 10.3. The number of aliphatic carboxylic acids is 2. The van der Waals surface area contributed by atoms with Gasteiger partial charge in [0.2, 0.25) is 0 Å². The summed E-state index contributed by atoms with van der Waals surface area (Å²) in [6.07, 6.45) is 1.09. The van der Waals surface area contributed by atoms with Gasteiger partial charge in [-0.2, -0.15) is 0 Å². The molecule has 0 radical (unpaired) electrons. The molecule has 1 aromatic heterocycles. The summed E-state index contributed by atoms with van der Waals surface area (Å²) in [7, 11) is 0. The Morgan fingerprint density at radius 3 is 1.40 bits per heavy atom. The second-order valence-corrected chi connectivity index (χ2v) is 10.8. The summed E-state index contributed by atoms with van der Waals surface area (Å²) in [6, 6.07) is 1.55. The number of nitrogens with two attached hydrogens (primary N) is 4. The van der Waals surface area contributed by atoms with E-state index in [9.17, 15) is 29.4 Å².